The van der Waals surface area contributed by atoms with Crippen LogP contribution in [0.5, 0.6) is 0 Å². The summed E-state index contributed by atoms with van der Waals surface area (Å²) < 4.78 is 184. The second-order valence-corrected chi connectivity index (χ2v) is 33.0. The molecule has 0 unspecified atom stereocenters. The molecule has 0 bridgehead atoms. The Hall–Kier alpha value is -4.95. The molecule has 5 aliphatic rings. The van der Waals surface area contributed by atoms with Gasteiger partial charge in [-0.05, 0) is 322 Å². The molecule has 0 N–H and O–H groups in total. The minimum Gasteiger partial charge on any atom is -0.171 e. The monoisotopic (exact) mass is 1530 g/mol. The first-order valence-corrected chi connectivity index (χ1v) is 42.1. The summed E-state index contributed by atoms with van der Waals surface area (Å²) in [6, 6.07) is 44.1. The molecule has 108 heavy (non-hydrogen) atoms. The van der Waals surface area contributed by atoms with E-state index in [4.69, 9.17) is 0 Å². The molecule has 608 valence electrons. The fraction of sp³-hybridized carbons (Fsp3) is 0.677. The van der Waals surface area contributed by atoms with Crippen LogP contribution in [-0.2, 0) is 25.7 Å². The third-order valence-electron chi connectivity index (χ3n) is 24.4. The molecule has 0 spiro atoms. The largest absolute Gasteiger partial charge is 0.389 e. The minimum atomic E-state index is -4.00. The molecule has 0 heterocycles. The average molecular weight is 1530 g/mol. The summed E-state index contributed by atoms with van der Waals surface area (Å²) in [5, 5.41) is 0. The van der Waals surface area contributed by atoms with E-state index in [0.29, 0.717) is 61.7 Å². The molecule has 5 aromatic carbocycles. The van der Waals surface area contributed by atoms with Crippen LogP contribution in [0.2, 0.25) is 0 Å². The summed E-state index contributed by atoms with van der Waals surface area (Å²) in [6.07, 6.45) is 14.2. The Balaban J connectivity index is 0.000000212. The first-order chi connectivity index (χ1) is 51.3. The molecule has 10 rings (SSSR count). The van der Waals surface area contributed by atoms with Gasteiger partial charge in [0.1, 0.15) is 0 Å². The Morgan fingerprint density at radius 1 is 0.231 bits per heavy atom. The predicted molar refractivity (Wildman–Crippen MR) is 416 cm³/mol. The lowest BCUT2D eigenvalue weighted by molar-refractivity contribution is -0.139. The van der Waals surface area contributed by atoms with E-state index < -0.39 is 63.0 Å². The lowest BCUT2D eigenvalue weighted by Gasteiger charge is -2.29. The lowest BCUT2D eigenvalue weighted by Crippen LogP contribution is -2.16. The summed E-state index contributed by atoms with van der Waals surface area (Å²) in [6.45, 7) is 10.9. The van der Waals surface area contributed by atoms with E-state index in [2.05, 4.69) is 156 Å². The number of benzene rings is 5. The Kier molecular flexibility index (Phi) is 40.5. The highest BCUT2D eigenvalue weighted by atomic mass is 19.4. The Labute approximate surface area is 640 Å². The Morgan fingerprint density at radius 2 is 0.426 bits per heavy atom. The van der Waals surface area contributed by atoms with Gasteiger partial charge in [0.25, 0.3) is 0 Å². The minimum absolute atomic E-state index is 0.265. The molecule has 5 saturated carbocycles. The number of hydrogen-bond donors (Lipinski definition) is 0. The van der Waals surface area contributed by atoms with Crippen molar-refractivity contribution in [1.82, 2.24) is 0 Å². The normalized spacial score (nSPS) is 22.9. The van der Waals surface area contributed by atoms with Crippen LogP contribution in [0.25, 0.3) is 0 Å². The Bertz CT molecular complexity index is 3080. The van der Waals surface area contributed by atoms with Crippen molar-refractivity contribution in [2.45, 2.75) is 371 Å². The van der Waals surface area contributed by atoms with Crippen LogP contribution in [-0.4, -0.2) is 30.9 Å². The van der Waals surface area contributed by atoms with Crippen LogP contribution >= 0.6 is 0 Å². The van der Waals surface area contributed by atoms with Crippen molar-refractivity contribution in [3.8, 4) is 0 Å². The summed E-state index contributed by atoms with van der Waals surface area (Å²) >= 11 is 0. The summed E-state index contributed by atoms with van der Waals surface area (Å²) in [7, 11) is 0. The molecule has 0 radical (unpaired) electrons. The number of halogens is 15. The summed E-state index contributed by atoms with van der Waals surface area (Å²) in [4.78, 5) is 0. The number of alkyl halides is 15. The van der Waals surface area contributed by atoms with Gasteiger partial charge >= 0.3 is 30.9 Å². The van der Waals surface area contributed by atoms with Gasteiger partial charge in [-0.1, -0.05) is 193 Å². The van der Waals surface area contributed by atoms with E-state index in [0.717, 1.165) is 154 Å². The van der Waals surface area contributed by atoms with Gasteiger partial charge in [-0.25, -0.2) is 0 Å². The highest BCUT2D eigenvalue weighted by molar-refractivity contribution is 5.30. The third-order valence-corrected chi connectivity index (χ3v) is 24.4. The molecule has 15 heteroatoms. The first-order valence-electron chi connectivity index (χ1n) is 42.1. The molecular weight excluding hydrogens is 1400 g/mol. The van der Waals surface area contributed by atoms with Crippen molar-refractivity contribution in [2.75, 3.05) is 0 Å². The highest BCUT2D eigenvalue weighted by Crippen LogP contribution is 2.45. The first kappa shape index (κ1) is 91.9. The van der Waals surface area contributed by atoms with E-state index in [1.807, 2.05) is 0 Å². The third kappa shape index (κ3) is 38.5. The van der Waals surface area contributed by atoms with Crippen LogP contribution in [0, 0.1) is 36.5 Å². The van der Waals surface area contributed by atoms with Gasteiger partial charge in [0, 0.05) is 32.1 Å². The number of aryl methyl sites for hydroxylation is 5. The van der Waals surface area contributed by atoms with Gasteiger partial charge in [-0.15, -0.1) is 0 Å². The topological polar surface area (TPSA) is 0 Å². The van der Waals surface area contributed by atoms with Crippen LogP contribution in [0.15, 0.2) is 121 Å². The second-order valence-electron chi connectivity index (χ2n) is 33.0. The van der Waals surface area contributed by atoms with Crippen LogP contribution in [0.4, 0.5) is 65.9 Å². The van der Waals surface area contributed by atoms with Crippen LogP contribution < -0.4 is 0 Å². The van der Waals surface area contributed by atoms with Gasteiger partial charge < -0.3 is 0 Å². The quantitative estimate of drug-likeness (QED) is 0.0346. The molecule has 5 aromatic rings. The molecule has 0 aliphatic heterocycles. The zero-order valence-corrected chi connectivity index (χ0v) is 65.9. The molecule has 0 atom stereocenters. The number of hydrogen-bond acceptors (Lipinski definition) is 0. The number of rotatable bonds is 28. The predicted octanol–water partition coefficient (Wildman–Crippen LogP) is 32.6. The maximum Gasteiger partial charge on any atom is 0.389 e. The molecular formula is C93H131F15. The fourth-order valence-electron chi connectivity index (χ4n) is 17.2. The van der Waals surface area contributed by atoms with Gasteiger partial charge in [-0.3, -0.25) is 0 Å². The van der Waals surface area contributed by atoms with Gasteiger partial charge in [-0.2, -0.15) is 65.9 Å². The SMILES string of the molecule is CCCCCCc1ccc([C@H]2CC[C@H](CCC(F)(F)F)CC2)cc1.CCCCCc1ccc([C@H]2CC[C@H](CCC(F)(F)F)CC2)cc1.CCCCc1ccc([C@H]2CC[C@H](CCC(F)(F)F)CC2)cc1.CCc1ccc([C@H]2CC[C@H](CCC(F)(F)F)CC2)cc1.Cc1ccc([C@H]2CC[C@H](CCC(F)(F)F)CC2)cc1. The van der Waals surface area contributed by atoms with Crippen molar-refractivity contribution >= 4 is 0 Å². The zero-order chi connectivity index (χ0) is 78.6. The smallest absolute Gasteiger partial charge is 0.171 e. The summed E-state index contributed by atoms with van der Waals surface area (Å²) in [5.74, 6) is 4.05. The van der Waals surface area contributed by atoms with Crippen LogP contribution in [0.1, 0.15) is 363 Å². The van der Waals surface area contributed by atoms with Gasteiger partial charge in [0.05, 0.1) is 0 Å². The lowest BCUT2D eigenvalue weighted by atomic mass is 9.77. The molecule has 0 nitrogen and oxygen atoms in total. The van der Waals surface area contributed by atoms with Crippen LogP contribution in [0.3, 0.4) is 0 Å². The molecule has 0 saturated heterocycles. The Morgan fingerprint density at radius 3 is 0.639 bits per heavy atom. The van der Waals surface area contributed by atoms with Crippen molar-refractivity contribution in [3.63, 3.8) is 0 Å². The highest BCUT2D eigenvalue weighted by Gasteiger charge is 2.35. The van der Waals surface area contributed by atoms with E-state index in [-0.39, 0.29) is 29.6 Å². The van der Waals surface area contributed by atoms with Crippen molar-refractivity contribution < 1.29 is 65.9 Å². The van der Waals surface area contributed by atoms with Crippen molar-refractivity contribution in [3.05, 3.63) is 177 Å². The van der Waals surface area contributed by atoms with Crippen molar-refractivity contribution in [2.24, 2.45) is 29.6 Å². The van der Waals surface area contributed by atoms with E-state index >= 15 is 0 Å². The molecule has 5 aliphatic carbocycles. The molecule has 0 aromatic heterocycles. The zero-order valence-electron chi connectivity index (χ0n) is 65.9. The molecule has 0 amide bonds. The van der Waals surface area contributed by atoms with Gasteiger partial charge in [0.2, 0.25) is 0 Å². The van der Waals surface area contributed by atoms with E-state index in [1.165, 1.54) is 113 Å². The maximum absolute atomic E-state index is 12.3. The van der Waals surface area contributed by atoms with Crippen molar-refractivity contribution in [1.29, 1.82) is 0 Å². The van der Waals surface area contributed by atoms with Gasteiger partial charge in [0.15, 0.2) is 0 Å². The summed E-state index contributed by atoms with van der Waals surface area (Å²) in [5.41, 5.74) is 13.6. The van der Waals surface area contributed by atoms with E-state index in [9.17, 15) is 65.9 Å². The fourth-order valence-corrected chi connectivity index (χ4v) is 17.2. The van der Waals surface area contributed by atoms with E-state index in [1.54, 1.807) is 0 Å². The standard InChI is InChI=1S/C21H31F3.C20H29F3.C19H27F3.C17H23F3.C16H21F3/c1-2-3-4-5-6-17-7-11-19(12-8-17)20-13-9-18(10-14-20)15-16-21(22,23)24;1-2-3-4-5-16-6-10-18(11-7-16)19-12-8-17(9-13-19)14-15-20(21,22)23;1-2-3-4-15-5-9-17(10-6-15)18-11-7-16(8-12-18)13-14-19(20,21)22;1-2-13-3-7-15(8-4-13)16-9-5-14(6-10-16)11-12-17(18,19)20;1-12-2-6-14(7-3-12)15-8-4-13(5-9-15)10-11-16(17,18)19/h7-8,11-12,18,20H,2-6,9-10,13-16H2,1H3;6-7,10-11,17,19H,2-5,8-9,12-15H2,1H3;5-6,9-10,16,18H,2-4,7-8,11-14H2,1H3;3-4,7-8,14,16H,2,5-6,9-12H2,1H3;2-3,6-7,13,15H,4-5,8-11H2,1H3/t18-,20-;17-,19-;16-,18-;14-,16-;13-,15-. The second kappa shape index (κ2) is 47.5. The number of unbranched alkanes of at least 4 members (excludes halogenated alkanes) is 6. The molecule has 5 fully saturated rings. The maximum atomic E-state index is 12.3. The average Bonchev–Trinajstić information content (AvgIpc) is 0.874.